The molecule has 0 atom stereocenters. The molecule has 0 aliphatic rings. The Morgan fingerprint density at radius 1 is 1.46 bits per heavy atom. The maximum absolute atomic E-state index is 8.70. The number of rotatable bonds is 0. The Bertz CT molecular complexity index is 507. The van der Waals surface area contributed by atoms with E-state index in [1.54, 1.807) is 12.1 Å². The number of nitrogens with one attached hydrogen (secondary N) is 1. The van der Waals surface area contributed by atoms with Crippen LogP contribution in [0.2, 0.25) is 0 Å². The van der Waals surface area contributed by atoms with Crippen LogP contribution >= 0.6 is 0 Å². The van der Waals surface area contributed by atoms with Crippen LogP contribution in [0.3, 0.4) is 0 Å². The minimum atomic E-state index is 0.389. The summed E-state index contributed by atoms with van der Waals surface area (Å²) in [4.78, 5) is 2.90. The Hall–Kier alpha value is -1.89. The zero-order valence-corrected chi connectivity index (χ0v) is 6.83. The fourth-order valence-electron chi connectivity index (χ4n) is 1.32. The summed E-state index contributed by atoms with van der Waals surface area (Å²) in [5, 5.41) is 9.50. The zero-order valence-electron chi connectivity index (χ0n) is 6.83. The summed E-state index contributed by atoms with van der Waals surface area (Å²) >= 11 is 0. The van der Waals surface area contributed by atoms with E-state index in [1.807, 2.05) is 12.1 Å². The standard InChI is InChI=1S/C9H6BN3/c10-5-1-2-7-6(3-5)9(12)8(4-11)13-7/h1-3,13H,12H2. The van der Waals surface area contributed by atoms with Crippen LogP contribution in [0, 0.1) is 11.3 Å². The highest BCUT2D eigenvalue weighted by atomic mass is 14.8. The van der Waals surface area contributed by atoms with Crippen molar-refractivity contribution in [2.24, 2.45) is 0 Å². The molecule has 0 aliphatic carbocycles. The number of nitrogens with two attached hydrogens (primary N) is 1. The third-order valence-electron chi connectivity index (χ3n) is 1.97. The molecule has 4 heteroatoms. The summed E-state index contributed by atoms with van der Waals surface area (Å²) in [6, 6.07) is 7.31. The molecule has 0 aliphatic heterocycles. The number of nitriles is 1. The lowest BCUT2D eigenvalue weighted by molar-refractivity contribution is 1.37. The third kappa shape index (κ3) is 1.06. The maximum Gasteiger partial charge on any atom is 0.141 e. The van der Waals surface area contributed by atoms with E-state index in [0.29, 0.717) is 16.8 Å². The van der Waals surface area contributed by atoms with Crippen LogP contribution in [0.4, 0.5) is 5.69 Å². The summed E-state index contributed by atoms with van der Waals surface area (Å²) < 4.78 is 0. The topological polar surface area (TPSA) is 65.6 Å². The lowest BCUT2D eigenvalue weighted by Gasteiger charge is -1.93. The first kappa shape index (κ1) is 7.75. The molecule has 1 aromatic heterocycles. The molecule has 0 fully saturated rings. The molecular formula is C9H6BN3. The number of fused-ring (bicyclic) bond motifs is 1. The number of hydrogen-bond acceptors (Lipinski definition) is 2. The molecular weight excluding hydrogens is 161 g/mol. The number of benzene rings is 1. The number of hydrogen-bond donors (Lipinski definition) is 2. The molecule has 60 valence electrons. The SMILES string of the molecule is [B]c1ccc2[nH]c(C#N)c(N)c2c1. The fraction of sp³-hybridized carbons (Fsp3) is 0. The molecule has 2 aromatic rings. The van der Waals surface area contributed by atoms with Crippen LogP contribution in [0.25, 0.3) is 10.9 Å². The maximum atomic E-state index is 8.70. The van der Waals surface area contributed by atoms with Crippen molar-refractivity contribution < 1.29 is 0 Å². The van der Waals surface area contributed by atoms with Gasteiger partial charge in [0.15, 0.2) is 0 Å². The Kier molecular flexibility index (Phi) is 1.53. The van der Waals surface area contributed by atoms with Gasteiger partial charge in [-0.25, -0.2) is 0 Å². The third-order valence-corrected chi connectivity index (χ3v) is 1.97. The number of nitrogen functional groups attached to an aromatic ring is 1. The van der Waals surface area contributed by atoms with Crippen molar-refractivity contribution in [1.82, 2.24) is 4.98 Å². The van der Waals surface area contributed by atoms with Gasteiger partial charge >= 0.3 is 0 Å². The highest BCUT2D eigenvalue weighted by Crippen LogP contribution is 2.22. The van der Waals surface area contributed by atoms with Gasteiger partial charge in [0.25, 0.3) is 0 Å². The van der Waals surface area contributed by atoms with Gasteiger partial charge < -0.3 is 10.7 Å². The summed E-state index contributed by atoms with van der Waals surface area (Å²) in [5.74, 6) is 0. The molecule has 1 aromatic carbocycles. The smallest absolute Gasteiger partial charge is 0.141 e. The second-order valence-electron chi connectivity index (χ2n) is 2.83. The molecule has 0 spiro atoms. The van der Waals surface area contributed by atoms with E-state index < -0.39 is 0 Å². The van der Waals surface area contributed by atoms with Gasteiger partial charge in [-0.1, -0.05) is 17.6 Å². The summed E-state index contributed by atoms with van der Waals surface area (Å²) in [6.45, 7) is 0. The van der Waals surface area contributed by atoms with Crippen LogP contribution in [0.15, 0.2) is 18.2 Å². The van der Waals surface area contributed by atoms with Crippen molar-refractivity contribution >= 4 is 29.9 Å². The lowest BCUT2D eigenvalue weighted by Crippen LogP contribution is -1.99. The normalized spacial score (nSPS) is 10.1. The van der Waals surface area contributed by atoms with Crippen LogP contribution < -0.4 is 11.2 Å². The molecule has 0 saturated heterocycles. The monoisotopic (exact) mass is 167 g/mol. The molecule has 2 radical (unpaired) electrons. The molecule has 13 heavy (non-hydrogen) atoms. The van der Waals surface area contributed by atoms with E-state index in [9.17, 15) is 0 Å². The van der Waals surface area contributed by atoms with E-state index in [2.05, 4.69) is 4.98 Å². The van der Waals surface area contributed by atoms with Gasteiger partial charge in [0.1, 0.15) is 19.6 Å². The predicted octanol–water partition coefficient (Wildman–Crippen LogP) is 0.416. The average Bonchev–Trinajstić information content (AvgIpc) is 2.44. The second kappa shape index (κ2) is 2.56. The molecule has 0 unspecified atom stereocenters. The van der Waals surface area contributed by atoms with Gasteiger partial charge in [0, 0.05) is 10.9 Å². The van der Waals surface area contributed by atoms with Gasteiger partial charge in [-0.15, -0.1) is 0 Å². The van der Waals surface area contributed by atoms with E-state index in [0.717, 1.165) is 10.9 Å². The van der Waals surface area contributed by atoms with Gasteiger partial charge in [0.05, 0.1) is 5.69 Å². The zero-order chi connectivity index (χ0) is 9.42. The lowest BCUT2D eigenvalue weighted by atomic mass is 9.95. The average molecular weight is 167 g/mol. The summed E-state index contributed by atoms with van der Waals surface area (Å²) in [6.07, 6.45) is 0. The quantitative estimate of drug-likeness (QED) is 0.558. The van der Waals surface area contributed by atoms with Crippen molar-refractivity contribution in [3.8, 4) is 6.07 Å². The number of anilines is 1. The molecule has 3 N–H and O–H groups in total. The second-order valence-corrected chi connectivity index (χ2v) is 2.83. The van der Waals surface area contributed by atoms with Crippen molar-refractivity contribution in [2.45, 2.75) is 0 Å². The fourth-order valence-corrected chi connectivity index (χ4v) is 1.32. The number of H-pyrrole nitrogens is 1. The minimum absolute atomic E-state index is 0.389. The summed E-state index contributed by atoms with van der Waals surface area (Å²) in [5.41, 5.74) is 8.04. The first-order valence-electron chi connectivity index (χ1n) is 3.79. The highest BCUT2D eigenvalue weighted by Gasteiger charge is 2.06. The minimum Gasteiger partial charge on any atom is -0.396 e. The van der Waals surface area contributed by atoms with E-state index >= 15 is 0 Å². The molecule has 0 bridgehead atoms. The Morgan fingerprint density at radius 3 is 2.92 bits per heavy atom. The van der Waals surface area contributed by atoms with Crippen molar-refractivity contribution in [3.63, 3.8) is 0 Å². The van der Waals surface area contributed by atoms with Gasteiger partial charge in [-0.05, 0) is 6.07 Å². The predicted molar refractivity (Wildman–Crippen MR) is 52.8 cm³/mol. The van der Waals surface area contributed by atoms with Crippen LogP contribution in [-0.2, 0) is 0 Å². The molecule has 0 amide bonds. The number of aromatic amines is 1. The Balaban J connectivity index is 2.87. The van der Waals surface area contributed by atoms with Crippen LogP contribution in [0.1, 0.15) is 5.69 Å². The van der Waals surface area contributed by atoms with E-state index in [1.165, 1.54) is 0 Å². The number of aromatic nitrogens is 1. The van der Waals surface area contributed by atoms with Gasteiger partial charge in [-0.2, -0.15) is 5.26 Å². The summed E-state index contributed by atoms with van der Waals surface area (Å²) in [7, 11) is 5.59. The molecule has 3 nitrogen and oxygen atoms in total. The Labute approximate surface area is 76.6 Å². The van der Waals surface area contributed by atoms with E-state index in [-0.39, 0.29) is 0 Å². The van der Waals surface area contributed by atoms with Gasteiger partial charge in [-0.3, -0.25) is 0 Å². The van der Waals surface area contributed by atoms with Gasteiger partial charge in [0.2, 0.25) is 0 Å². The van der Waals surface area contributed by atoms with Crippen LogP contribution in [0.5, 0.6) is 0 Å². The van der Waals surface area contributed by atoms with Crippen molar-refractivity contribution in [3.05, 3.63) is 23.9 Å². The highest BCUT2D eigenvalue weighted by molar-refractivity contribution is 6.33. The largest absolute Gasteiger partial charge is 0.396 e. The van der Waals surface area contributed by atoms with Crippen molar-refractivity contribution in [1.29, 1.82) is 5.26 Å². The molecule has 0 saturated carbocycles. The Morgan fingerprint density at radius 2 is 2.23 bits per heavy atom. The number of nitrogens with zero attached hydrogens (tertiary/aromatic N) is 1. The van der Waals surface area contributed by atoms with Crippen LogP contribution in [-0.4, -0.2) is 12.8 Å². The van der Waals surface area contributed by atoms with Crippen molar-refractivity contribution in [2.75, 3.05) is 5.73 Å². The first-order valence-corrected chi connectivity index (χ1v) is 3.79. The molecule has 1 heterocycles. The first-order chi connectivity index (χ1) is 6.22. The van der Waals surface area contributed by atoms with E-state index in [4.69, 9.17) is 18.8 Å². The molecule has 2 rings (SSSR count).